The van der Waals surface area contributed by atoms with Crippen LogP contribution in [-0.2, 0) is 19.4 Å². The highest BCUT2D eigenvalue weighted by molar-refractivity contribution is 9.12. The molecule has 29 heavy (non-hydrogen) atoms. The summed E-state index contributed by atoms with van der Waals surface area (Å²) in [6.07, 6.45) is 1.71. The second kappa shape index (κ2) is 10.1. The van der Waals surface area contributed by atoms with Crippen LogP contribution in [0.15, 0.2) is 61.1 Å². The molecule has 0 unspecified atom stereocenters. The van der Waals surface area contributed by atoms with Crippen LogP contribution in [0, 0.1) is 0 Å². The monoisotopic (exact) mass is 555 g/mol. The Kier molecular flexibility index (Phi) is 7.79. The first-order chi connectivity index (χ1) is 13.6. The fourth-order valence-electron chi connectivity index (χ4n) is 3.31. The largest absolute Gasteiger partial charge is 0.493 e. The number of nitrogens with zero attached hydrogens (tertiary/aromatic N) is 1. The van der Waals surface area contributed by atoms with Crippen LogP contribution in [0.5, 0.6) is 11.5 Å². The molecule has 0 fully saturated rings. The van der Waals surface area contributed by atoms with Gasteiger partial charge >= 0.3 is 0 Å². The van der Waals surface area contributed by atoms with Crippen LogP contribution in [0.4, 0.5) is 0 Å². The number of fused-ring (bicyclic) bond motifs is 1. The summed E-state index contributed by atoms with van der Waals surface area (Å²) in [6, 6.07) is 16.5. The zero-order chi connectivity index (χ0) is 19.5. The summed E-state index contributed by atoms with van der Waals surface area (Å²) in [6.45, 7) is 1.31. The van der Waals surface area contributed by atoms with Gasteiger partial charge in [-0.2, -0.15) is 0 Å². The molecule has 2 aromatic carbocycles. The van der Waals surface area contributed by atoms with Gasteiger partial charge in [0.05, 0.1) is 14.7 Å². The summed E-state index contributed by atoms with van der Waals surface area (Å²) in [5.74, 6) is 1.53. The Hall–Kier alpha value is -1.34. The molecule has 1 aliphatic heterocycles. The van der Waals surface area contributed by atoms with E-state index in [1.807, 2.05) is 18.2 Å². The minimum atomic E-state index is 0. The summed E-state index contributed by atoms with van der Waals surface area (Å²) in [5.41, 5.74) is 5.89. The van der Waals surface area contributed by atoms with Gasteiger partial charge in [0, 0.05) is 24.2 Å². The highest BCUT2D eigenvalue weighted by atomic mass is 79.9. The van der Waals surface area contributed by atoms with Gasteiger partial charge in [-0.3, -0.25) is 4.99 Å². The van der Waals surface area contributed by atoms with Crippen molar-refractivity contribution >= 4 is 61.3 Å². The number of hydrogen-bond donors (Lipinski definition) is 0. The quantitative estimate of drug-likeness (QED) is 0.331. The van der Waals surface area contributed by atoms with E-state index in [2.05, 4.69) is 62.2 Å². The smallest absolute Gasteiger partial charge is 0.162 e. The normalized spacial score (nSPS) is 12.6. The number of thiophene rings is 1. The van der Waals surface area contributed by atoms with E-state index in [-0.39, 0.29) is 12.4 Å². The summed E-state index contributed by atoms with van der Waals surface area (Å²) in [7, 11) is 1.69. The van der Waals surface area contributed by atoms with Crippen molar-refractivity contribution in [2.24, 2.45) is 4.99 Å². The summed E-state index contributed by atoms with van der Waals surface area (Å²) >= 11 is 8.91. The average molecular weight is 558 g/mol. The Bertz CT molecular complexity index is 1020. The summed E-state index contributed by atoms with van der Waals surface area (Å²) in [4.78, 5) is 4.82. The molecule has 2 heterocycles. The average Bonchev–Trinajstić information content (AvgIpc) is 3.03. The number of benzene rings is 2. The van der Waals surface area contributed by atoms with Crippen molar-refractivity contribution in [1.82, 2.24) is 0 Å². The summed E-state index contributed by atoms with van der Waals surface area (Å²) in [5, 5.41) is 0. The molecule has 0 amide bonds. The van der Waals surface area contributed by atoms with Crippen LogP contribution in [-0.4, -0.2) is 19.4 Å². The summed E-state index contributed by atoms with van der Waals surface area (Å²) < 4.78 is 14.0. The van der Waals surface area contributed by atoms with Crippen molar-refractivity contribution in [3.8, 4) is 11.5 Å². The van der Waals surface area contributed by atoms with E-state index in [4.69, 9.17) is 14.5 Å². The Balaban J connectivity index is 0.00000240. The van der Waals surface area contributed by atoms with Gasteiger partial charge in [0.1, 0.15) is 6.61 Å². The van der Waals surface area contributed by atoms with Crippen LogP contribution in [0.1, 0.15) is 22.3 Å². The predicted molar refractivity (Wildman–Crippen MR) is 130 cm³/mol. The highest BCUT2D eigenvalue weighted by Crippen LogP contribution is 2.36. The maximum Gasteiger partial charge on any atom is 0.162 e. The third-order valence-corrected chi connectivity index (χ3v) is 7.17. The molecule has 152 valence electrons. The van der Waals surface area contributed by atoms with Crippen LogP contribution in [0.3, 0.4) is 0 Å². The fourth-order valence-corrected chi connectivity index (χ4v) is 6.13. The molecular formula is C22H20Br2ClNO2S. The molecule has 0 bridgehead atoms. The Morgan fingerprint density at radius 2 is 1.86 bits per heavy atom. The van der Waals surface area contributed by atoms with Crippen molar-refractivity contribution in [1.29, 1.82) is 0 Å². The molecule has 0 saturated heterocycles. The minimum absolute atomic E-state index is 0. The topological polar surface area (TPSA) is 30.8 Å². The zero-order valence-electron chi connectivity index (χ0n) is 15.8. The van der Waals surface area contributed by atoms with E-state index in [1.54, 1.807) is 18.4 Å². The number of halogens is 3. The Morgan fingerprint density at radius 1 is 1.07 bits per heavy atom. The van der Waals surface area contributed by atoms with Crippen LogP contribution >= 0.6 is 55.6 Å². The van der Waals surface area contributed by atoms with E-state index in [0.29, 0.717) is 6.61 Å². The van der Waals surface area contributed by atoms with Gasteiger partial charge in [-0.05, 0) is 73.2 Å². The van der Waals surface area contributed by atoms with Crippen LogP contribution < -0.4 is 9.47 Å². The van der Waals surface area contributed by atoms with E-state index < -0.39 is 0 Å². The molecule has 1 aromatic heterocycles. The zero-order valence-corrected chi connectivity index (χ0v) is 20.6. The molecule has 3 aromatic rings. The molecule has 4 rings (SSSR count). The van der Waals surface area contributed by atoms with Crippen molar-refractivity contribution < 1.29 is 9.47 Å². The number of hydrogen-bond acceptors (Lipinski definition) is 4. The molecule has 0 spiro atoms. The fraction of sp³-hybridized carbons (Fsp3) is 0.227. The van der Waals surface area contributed by atoms with E-state index in [0.717, 1.165) is 55.3 Å². The lowest BCUT2D eigenvalue weighted by Gasteiger charge is -2.20. The second-order valence-corrected chi connectivity index (χ2v) is 10.3. The van der Waals surface area contributed by atoms with Crippen molar-refractivity contribution in [2.45, 2.75) is 19.4 Å². The van der Waals surface area contributed by atoms with E-state index >= 15 is 0 Å². The molecule has 0 N–H and O–H groups in total. The first kappa shape index (κ1) is 22.3. The van der Waals surface area contributed by atoms with Gasteiger partial charge in [-0.1, -0.05) is 30.3 Å². The maximum absolute atomic E-state index is 6.11. The minimum Gasteiger partial charge on any atom is -0.493 e. The number of rotatable bonds is 6. The van der Waals surface area contributed by atoms with Crippen molar-refractivity contribution in [3.05, 3.63) is 78.4 Å². The van der Waals surface area contributed by atoms with E-state index in [1.165, 1.54) is 11.1 Å². The van der Waals surface area contributed by atoms with Crippen molar-refractivity contribution in [2.75, 3.05) is 13.7 Å². The molecule has 0 saturated carbocycles. The van der Waals surface area contributed by atoms with Gasteiger partial charge in [-0.25, -0.2) is 0 Å². The standard InChI is InChI=1S/C22H19Br2NO2S.ClH/c1-26-19-10-15-7-8-25-18(9-16-11-21(23)28-22(16)24)17(15)12-20(19)27-13-14-5-3-2-4-6-14;/h2-6,10-12H,7-9,13H2,1H3;1H. The van der Waals surface area contributed by atoms with Gasteiger partial charge in [0.25, 0.3) is 0 Å². The van der Waals surface area contributed by atoms with Crippen LogP contribution in [0.2, 0.25) is 0 Å². The van der Waals surface area contributed by atoms with Crippen LogP contribution in [0.25, 0.3) is 0 Å². The maximum atomic E-state index is 6.11. The molecule has 7 heteroatoms. The molecule has 3 nitrogen and oxygen atoms in total. The Morgan fingerprint density at radius 3 is 2.55 bits per heavy atom. The lowest BCUT2D eigenvalue weighted by Crippen LogP contribution is -2.16. The van der Waals surface area contributed by atoms with E-state index in [9.17, 15) is 0 Å². The first-order valence-corrected chi connectivity index (χ1v) is 11.4. The third-order valence-electron chi connectivity index (χ3n) is 4.71. The molecule has 1 aliphatic rings. The lowest BCUT2D eigenvalue weighted by atomic mass is 9.93. The number of aliphatic imine (C=N–C) groups is 1. The molecular weight excluding hydrogens is 538 g/mol. The van der Waals surface area contributed by atoms with Gasteiger partial charge in [0.2, 0.25) is 0 Å². The Labute approximate surface area is 197 Å². The van der Waals surface area contributed by atoms with Gasteiger partial charge in [0.15, 0.2) is 11.5 Å². The predicted octanol–water partition coefficient (Wildman–Crippen LogP) is 6.87. The van der Waals surface area contributed by atoms with Gasteiger partial charge < -0.3 is 9.47 Å². The second-order valence-electron chi connectivity index (χ2n) is 6.54. The molecule has 0 atom stereocenters. The third kappa shape index (κ3) is 5.23. The number of methoxy groups -OCH3 is 1. The van der Waals surface area contributed by atoms with Crippen molar-refractivity contribution in [3.63, 3.8) is 0 Å². The lowest BCUT2D eigenvalue weighted by molar-refractivity contribution is 0.284. The molecule has 0 aliphatic carbocycles. The van der Waals surface area contributed by atoms with Gasteiger partial charge in [-0.15, -0.1) is 23.7 Å². The highest BCUT2D eigenvalue weighted by Gasteiger charge is 2.20. The molecule has 0 radical (unpaired) electrons. The number of ether oxygens (including phenoxy) is 2. The SMILES string of the molecule is COc1cc2c(cc1OCc1ccccc1)C(Cc1cc(Br)sc1Br)=NCC2.Cl. The first-order valence-electron chi connectivity index (χ1n) is 8.99.